The second-order valence-corrected chi connectivity index (χ2v) is 11.0. The molecule has 208 valence electrons. The van der Waals surface area contributed by atoms with Crippen LogP contribution in [-0.2, 0) is 16.6 Å². The average molecular weight is 556 g/mol. The van der Waals surface area contributed by atoms with E-state index in [0.717, 1.165) is 5.57 Å². The van der Waals surface area contributed by atoms with Gasteiger partial charge in [-0.2, -0.15) is 0 Å². The number of nitrogens with one attached hydrogen (secondary N) is 1. The Morgan fingerprint density at radius 2 is 1.85 bits per heavy atom. The van der Waals surface area contributed by atoms with Crippen molar-refractivity contribution in [3.8, 4) is 28.6 Å². The fourth-order valence-corrected chi connectivity index (χ4v) is 4.93. The van der Waals surface area contributed by atoms with Crippen LogP contribution in [0.15, 0.2) is 58.4 Å². The van der Waals surface area contributed by atoms with Gasteiger partial charge < -0.3 is 14.6 Å². The van der Waals surface area contributed by atoms with E-state index in [1.807, 2.05) is 13.8 Å². The zero-order chi connectivity index (χ0) is 28.7. The highest BCUT2D eigenvalue weighted by molar-refractivity contribution is 7.93. The number of rotatable bonds is 11. The summed E-state index contributed by atoms with van der Waals surface area (Å²) in [5, 5.41) is 17.1. The molecule has 0 amide bonds. The van der Waals surface area contributed by atoms with Gasteiger partial charge in [-0.1, -0.05) is 18.6 Å². The van der Waals surface area contributed by atoms with E-state index < -0.39 is 21.2 Å². The molecule has 12 nitrogen and oxygen atoms in total. The van der Waals surface area contributed by atoms with Gasteiger partial charge in [0.15, 0.2) is 5.82 Å². The van der Waals surface area contributed by atoms with Crippen molar-refractivity contribution >= 4 is 28.5 Å². The molecule has 2 heterocycles. The Morgan fingerprint density at radius 1 is 1.18 bits per heavy atom. The molecule has 0 saturated heterocycles. The summed E-state index contributed by atoms with van der Waals surface area (Å²) in [6, 6.07) is 6.83. The van der Waals surface area contributed by atoms with E-state index in [0.29, 0.717) is 28.3 Å². The number of benzene rings is 1. The second kappa shape index (κ2) is 12.6. The summed E-state index contributed by atoms with van der Waals surface area (Å²) in [4.78, 5) is 12.4. The van der Waals surface area contributed by atoms with E-state index in [1.54, 1.807) is 44.3 Å². The van der Waals surface area contributed by atoms with Crippen molar-refractivity contribution in [2.45, 2.75) is 39.6 Å². The highest BCUT2D eigenvalue weighted by Gasteiger charge is 2.32. The summed E-state index contributed by atoms with van der Waals surface area (Å²) in [5.74, 6) is 0.603. The van der Waals surface area contributed by atoms with Crippen molar-refractivity contribution in [1.29, 1.82) is 0 Å². The lowest BCUT2D eigenvalue weighted by Gasteiger charge is -2.21. The number of sulfonamides is 1. The molecule has 0 spiro atoms. The molecule has 3 rings (SSSR count). The maximum absolute atomic E-state index is 13.6. The molecule has 0 unspecified atom stereocenters. The highest BCUT2D eigenvalue weighted by atomic mass is 32.2. The van der Waals surface area contributed by atoms with Crippen molar-refractivity contribution in [1.82, 2.24) is 19.7 Å². The summed E-state index contributed by atoms with van der Waals surface area (Å²) in [6.07, 6.45) is 4.66. The van der Waals surface area contributed by atoms with Crippen LogP contribution in [0.5, 0.6) is 11.5 Å². The first-order chi connectivity index (χ1) is 18.6. The number of aliphatic hydroxyl groups is 1. The first-order valence-electron chi connectivity index (χ1n) is 12.0. The number of allylic oxidation sites excluding steroid dienone is 1. The molecule has 3 aromatic rings. The Morgan fingerprint density at radius 3 is 2.41 bits per heavy atom. The zero-order valence-corrected chi connectivity index (χ0v) is 23.6. The third kappa shape index (κ3) is 6.49. The molecular weight excluding hydrogens is 522 g/mol. The van der Waals surface area contributed by atoms with Crippen LogP contribution in [0.3, 0.4) is 0 Å². The number of methoxy groups -OCH3 is 2. The van der Waals surface area contributed by atoms with Crippen LogP contribution in [0.4, 0.5) is 5.95 Å². The number of aliphatic imine (C=N–C) groups is 2. The van der Waals surface area contributed by atoms with E-state index in [9.17, 15) is 13.5 Å². The maximum Gasteiger partial charge on any atom is 0.243 e. The number of pyridine rings is 1. The monoisotopic (exact) mass is 555 g/mol. The summed E-state index contributed by atoms with van der Waals surface area (Å²) in [7, 11) is -1.09. The number of hydrogen-bond acceptors (Lipinski definition) is 9. The topological polar surface area (TPSA) is 153 Å². The number of anilines is 1. The number of hydrogen-bond donors (Lipinski definition) is 2. The summed E-state index contributed by atoms with van der Waals surface area (Å²) in [5.41, 5.74) is 2.33. The maximum atomic E-state index is 13.6. The quantitative estimate of drug-likeness (QED) is 0.269. The predicted octanol–water partition coefficient (Wildman–Crippen LogP) is 3.63. The standard InChI is InChI=1S/C26H33N7O5S/c1-16(2)12-29-24(27-5)17(3)18(4)39(35,36)32-26-31-30-25(20-11-19(15-34)13-28-14-20)33(26)23-21(37-6)9-8-10-22(23)38-7/h8-14,17-18,34H,5,15H2,1-4,6-7H3,(H,31,32)/t17-,18-/m0/s1. The van der Waals surface area contributed by atoms with Crippen LogP contribution in [0.25, 0.3) is 17.1 Å². The number of nitrogens with zero attached hydrogens (tertiary/aromatic N) is 6. The van der Waals surface area contributed by atoms with Crippen molar-refractivity contribution in [3.63, 3.8) is 0 Å². The van der Waals surface area contributed by atoms with Gasteiger partial charge in [0.25, 0.3) is 0 Å². The number of ether oxygens (including phenoxy) is 2. The molecule has 13 heteroatoms. The van der Waals surface area contributed by atoms with Crippen LogP contribution in [0.2, 0.25) is 0 Å². The van der Waals surface area contributed by atoms with Crippen molar-refractivity contribution in [3.05, 3.63) is 54.0 Å². The Bertz CT molecular complexity index is 1470. The lowest BCUT2D eigenvalue weighted by molar-refractivity contribution is 0.281. The van der Waals surface area contributed by atoms with Crippen LogP contribution in [-0.4, -0.2) is 65.3 Å². The van der Waals surface area contributed by atoms with Crippen LogP contribution in [0, 0.1) is 5.92 Å². The van der Waals surface area contributed by atoms with Gasteiger partial charge in [-0.05, 0) is 51.3 Å². The number of para-hydroxylation sites is 1. The Kier molecular flexibility index (Phi) is 9.54. The van der Waals surface area contributed by atoms with Crippen LogP contribution in [0.1, 0.15) is 33.3 Å². The number of amidine groups is 1. The summed E-state index contributed by atoms with van der Waals surface area (Å²) in [6.45, 7) is 10.3. The van der Waals surface area contributed by atoms with E-state index >= 15 is 0 Å². The molecule has 0 saturated carbocycles. The third-order valence-corrected chi connectivity index (χ3v) is 7.83. The van der Waals surface area contributed by atoms with Gasteiger partial charge in [0.05, 0.1) is 26.1 Å². The lowest BCUT2D eigenvalue weighted by Crippen LogP contribution is -2.35. The molecule has 0 bridgehead atoms. The fraction of sp³-hybridized carbons (Fsp3) is 0.346. The minimum absolute atomic E-state index is 0.101. The average Bonchev–Trinajstić information content (AvgIpc) is 3.34. The molecular formula is C26H33N7O5S. The minimum atomic E-state index is -4.06. The predicted molar refractivity (Wildman–Crippen MR) is 151 cm³/mol. The van der Waals surface area contributed by atoms with E-state index in [-0.39, 0.29) is 24.2 Å². The van der Waals surface area contributed by atoms with E-state index in [2.05, 4.69) is 36.6 Å². The molecule has 0 aliphatic rings. The van der Waals surface area contributed by atoms with Crippen LogP contribution < -0.4 is 14.2 Å². The smallest absolute Gasteiger partial charge is 0.243 e. The first-order valence-corrected chi connectivity index (χ1v) is 13.5. The molecule has 1 aromatic carbocycles. The fourth-order valence-electron chi connectivity index (χ4n) is 3.69. The highest BCUT2D eigenvalue weighted by Crippen LogP contribution is 2.38. The van der Waals surface area contributed by atoms with Crippen LogP contribution >= 0.6 is 0 Å². The van der Waals surface area contributed by atoms with Gasteiger partial charge in [0, 0.05) is 30.1 Å². The van der Waals surface area contributed by atoms with Gasteiger partial charge in [0.1, 0.15) is 23.0 Å². The zero-order valence-electron chi connectivity index (χ0n) is 22.8. The van der Waals surface area contributed by atoms with Gasteiger partial charge in [0.2, 0.25) is 16.0 Å². The van der Waals surface area contributed by atoms with E-state index in [4.69, 9.17) is 9.47 Å². The van der Waals surface area contributed by atoms with Crippen molar-refractivity contribution < 1.29 is 23.0 Å². The lowest BCUT2D eigenvalue weighted by atomic mass is 10.1. The molecule has 0 radical (unpaired) electrons. The third-order valence-electron chi connectivity index (χ3n) is 5.98. The first kappa shape index (κ1) is 29.5. The van der Waals surface area contributed by atoms with Gasteiger partial charge in [-0.15, -0.1) is 10.2 Å². The summed E-state index contributed by atoms with van der Waals surface area (Å²) >= 11 is 0. The Labute approximate surface area is 228 Å². The largest absolute Gasteiger partial charge is 0.494 e. The molecule has 0 aliphatic carbocycles. The molecule has 39 heavy (non-hydrogen) atoms. The molecule has 2 N–H and O–H groups in total. The summed E-state index contributed by atoms with van der Waals surface area (Å²) < 4.78 is 42.4. The van der Waals surface area contributed by atoms with Crippen molar-refractivity contribution in [2.75, 3.05) is 18.9 Å². The van der Waals surface area contributed by atoms with Gasteiger partial charge >= 0.3 is 0 Å². The number of aromatic nitrogens is 4. The Balaban J connectivity index is 2.18. The molecule has 0 fully saturated rings. The van der Waals surface area contributed by atoms with Crippen molar-refractivity contribution in [2.24, 2.45) is 15.9 Å². The van der Waals surface area contributed by atoms with E-state index in [1.165, 1.54) is 31.2 Å². The van der Waals surface area contributed by atoms with Gasteiger partial charge in [-0.3, -0.25) is 14.3 Å². The SMILES string of the molecule is C=NC(=NC=C(C)C)[C@@H](C)[C@H](C)S(=O)(=O)Nc1nnc(-c2cncc(CO)c2)n1-c1c(OC)cccc1OC. The Hall–Kier alpha value is -4.10. The minimum Gasteiger partial charge on any atom is -0.494 e. The second-order valence-electron chi connectivity index (χ2n) is 8.93. The number of aliphatic hydroxyl groups excluding tert-OH is 1. The normalized spacial score (nSPS) is 13.4. The molecule has 2 atom stereocenters. The van der Waals surface area contributed by atoms with Gasteiger partial charge in [-0.25, -0.2) is 18.4 Å². The molecule has 2 aromatic heterocycles. The molecule has 0 aliphatic heterocycles.